The predicted molar refractivity (Wildman–Crippen MR) is 58.8 cm³/mol. The van der Waals surface area contributed by atoms with Gasteiger partial charge in [0.15, 0.2) is 0 Å². The van der Waals surface area contributed by atoms with E-state index in [1.165, 1.54) is 6.07 Å². The maximum atomic E-state index is 10.6. The Balaban J connectivity index is 3.33. The van der Waals surface area contributed by atoms with E-state index >= 15 is 0 Å². The van der Waals surface area contributed by atoms with Crippen LogP contribution in [0.2, 0.25) is 5.02 Å². The average molecular weight is 361 g/mol. The van der Waals surface area contributed by atoms with Crippen molar-refractivity contribution in [1.82, 2.24) is 0 Å². The molecule has 5 heteroatoms. The van der Waals surface area contributed by atoms with Gasteiger partial charge in [0.1, 0.15) is 0 Å². The van der Waals surface area contributed by atoms with Crippen LogP contribution < -0.4 is 0 Å². The van der Waals surface area contributed by atoms with Crippen molar-refractivity contribution in [2.75, 3.05) is 0 Å². The molecular formula is C7H3BrClIO2. The average Bonchev–Trinajstić information content (AvgIpc) is 1.96. The van der Waals surface area contributed by atoms with Crippen LogP contribution in [0, 0.1) is 3.57 Å². The molecule has 0 fully saturated rings. The second kappa shape index (κ2) is 3.93. The molecule has 0 atom stereocenters. The van der Waals surface area contributed by atoms with E-state index in [9.17, 15) is 4.79 Å². The molecule has 1 aromatic carbocycles. The minimum atomic E-state index is -1.01. The highest BCUT2D eigenvalue weighted by Gasteiger charge is 2.10. The monoisotopic (exact) mass is 360 g/mol. The van der Waals surface area contributed by atoms with Crippen molar-refractivity contribution in [2.45, 2.75) is 0 Å². The quantitative estimate of drug-likeness (QED) is 0.615. The molecule has 0 unspecified atom stereocenters. The van der Waals surface area contributed by atoms with E-state index in [4.69, 9.17) is 16.7 Å². The van der Waals surface area contributed by atoms with Gasteiger partial charge >= 0.3 is 5.97 Å². The van der Waals surface area contributed by atoms with Crippen LogP contribution in [0.25, 0.3) is 0 Å². The molecule has 1 N–H and O–H groups in total. The van der Waals surface area contributed by atoms with Crippen LogP contribution in [0.15, 0.2) is 16.6 Å². The Bertz CT molecular complexity index is 340. The molecule has 0 radical (unpaired) electrons. The molecule has 1 aromatic rings. The fraction of sp³-hybridized carbons (Fsp3) is 0. The van der Waals surface area contributed by atoms with Gasteiger partial charge in [-0.3, -0.25) is 0 Å². The predicted octanol–water partition coefficient (Wildman–Crippen LogP) is 3.41. The van der Waals surface area contributed by atoms with Crippen molar-refractivity contribution >= 4 is 56.1 Å². The van der Waals surface area contributed by atoms with Gasteiger partial charge in [-0.05, 0) is 50.7 Å². The summed E-state index contributed by atoms with van der Waals surface area (Å²) >= 11 is 11.0. The lowest BCUT2D eigenvalue weighted by atomic mass is 10.2. The molecule has 2 nitrogen and oxygen atoms in total. The number of rotatable bonds is 1. The van der Waals surface area contributed by atoms with E-state index < -0.39 is 5.97 Å². The van der Waals surface area contributed by atoms with Gasteiger partial charge < -0.3 is 5.11 Å². The Hall–Kier alpha value is 0.190. The molecule has 1 rings (SSSR count). The van der Waals surface area contributed by atoms with Crippen molar-refractivity contribution in [3.63, 3.8) is 0 Å². The largest absolute Gasteiger partial charge is 0.478 e. The Morgan fingerprint density at radius 2 is 2.17 bits per heavy atom. The van der Waals surface area contributed by atoms with Crippen molar-refractivity contribution in [3.8, 4) is 0 Å². The standard InChI is InChI=1S/C7H3BrClIO2/c8-4-2-5(9)3(7(11)12)1-6(4)10/h1-2H,(H,11,12). The van der Waals surface area contributed by atoms with Gasteiger partial charge in [0, 0.05) is 8.04 Å². The SMILES string of the molecule is O=C(O)c1cc(I)c(Br)cc1Cl. The van der Waals surface area contributed by atoms with E-state index in [1.54, 1.807) is 6.07 Å². The Morgan fingerprint density at radius 3 is 2.67 bits per heavy atom. The third-order valence-corrected chi connectivity index (χ3v) is 3.84. The van der Waals surface area contributed by atoms with Gasteiger partial charge in [0.25, 0.3) is 0 Å². The number of carboxylic acid groups (broad SMARTS) is 1. The van der Waals surface area contributed by atoms with Gasteiger partial charge in [0.05, 0.1) is 10.6 Å². The normalized spacial score (nSPS) is 9.92. The number of aromatic carboxylic acids is 1. The molecule has 0 bridgehead atoms. The Labute approximate surface area is 96.2 Å². The third kappa shape index (κ3) is 2.11. The summed E-state index contributed by atoms with van der Waals surface area (Å²) in [5.74, 6) is -1.01. The molecule has 0 amide bonds. The van der Waals surface area contributed by atoms with Crippen LogP contribution in [0.5, 0.6) is 0 Å². The van der Waals surface area contributed by atoms with Gasteiger partial charge in [0.2, 0.25) is 0 Å². The number of benzene rings is 1. The summed E-state index contributed by atoms with van der Waals surface area (Å²) in [6, 6.07) is 3.10. The first-order chi connectivity index (χ1) is 5.52. The first-order valence-electron chi connectivity index (χ1n) is 2.90. The molecule has 0 aliphatic rings. The molecule has 12 heavy (non-hydrogen) atoms. The molecule has 0 aliphatic heterocycles. The lowest BCUT2D eigenvalue weighted by molar-refractivity contribution is 0.0697. The van der Waals surface area contributed by atoms with Gasteiger partial charge in [-0.2, -0.15) is 0 Å². The number of hydrogen-bond acceptors (Lipinski definition) is 1. The molecule has 0 spiro atoms. The summed E-state index contributed by atoms with van der Waals surface area (Å²) in [4.78, 5) is 10.6. The fourth-order valence-electron chi connectivity index (χ4n) is 0.686. The first kappa shape index (κ1) is 10.3. The molecule has 0 aromatic heterocycles. The lowest BCUT2D eigenvalue weighted by Crippen LogP contribution is -1.98. The van der Waals surface area contributed by atoms with Gasteiger partial charge in [-0.1, -0.05) is 11.6 Å². The zero-order valence-electron chi connectivity index (χ0n) is 5.64. The number of halogens is 3. The number of hydrogen-bond donors (Lipinski definition) is 1. The van der Waals surface area contributed by atoms with E-state index in [2.05, 4.69) is 15.9 Å². The molecular weight excluding hydrogens is 358 g/mol. The molecule has 0 saturated carbocycles. The maximum Gasteiger partial charge on any atom is 0.337 e. The summed E-state index contributed by atoms with van der Waals surface area (Å²) < 4.78 is 1.63. The highest BCUT2D eigenvalue weighted by Crippen LogP contribution is 2.26. The van der Waals surface area contributed by atoms with Crippen LogP contribution >= 0.6 is 50.1 Å². The molecule has 0 aliphatic carbocycles. The van der Waals surface area contributed by atoms with Crippen LogP contribution in [-0.4, -0.2) is 11.1 Å². The maximum absolute atomic E-state index is 10.6. The summed E-state index contributed by atoms with van der Waals surface area (Å²) in [5.41, 5.74) is 0.129. The highest BCUT2D eigenvalue weighted by molar-refractivity contribution is 14.1. The van der Waals surface area contributed by atoms with Crippen LogP contribution in [-0.2, 0) is 0 Å². The van der Waals surface area contributed by atoms with E-state index in [-0.39, 0.29) is 10.6 Å². The minimum absolute atomic E-state index is 0.129. The summed E-state index contributed by atoms with van der Waals surface area (Å²) in [6.45, 7) is 0. The van der Waals surface area contributed by atoms with Crippen molar-refractivity contribution in [2.24, 2.45) is 0 Å². The molecule has 64 valence electrons. The molecule has 0 saturated heterocycles. The summed E-state index contributed by atoms with van der Waals surface area (Å²) in [5, 5.41) is 8.92. The van der Waals surface area contributed by atoms with E-state index in [1.807, 2.05) is 22.6 Å². The van der Waals surface area contributed by atoms with Crippen molar-refractivity contribution in [3.05, 3.63) is 30.8 Å². The third-order valence-electron chi connectivity index (χ3n) is 1.24. The Kier molecular flexibility index (Phi) is 3.37. The first-order valence-corrected chi connectivity index (χ1v) is 5.15. The molecule has 0 heterocycles. The van der Waals surface area contributed by atoms with Gasteiger partial charge in [-0.25, -0.2) is 4.79 Å². The Morgan fingerprint density at radius 1 is 1.58 bits per heavy atom. The zero-order chi connectivity index (χ0) is 9.30. The highest BCUT2D eigenvalue weighted by atomic mass is 127. The topological polar surface area (TPSA) is 37.3 Å². The van der Waals surface area contributed by atoms with Crippen LogP contribution in [0.1, 0.15) is 10.4 Å². The lowest BCUT2D eigenvalue weighted by Gasteiger charge is -2.01. The fourth-order valence-corrected chi connectivity index (χ4v) is 1.87. The smallest absolute Gasteiger partial charge is 0.337 e. The van der Waals surface area contributed by atoms with E-state index in [0.29, 0.717) is 0 Å². The summed E-state index contributed by atoms with van der Waals surface area (Å²) in [7, 11) is 0. The second-order valence-corrected chi connectivity index (χ2v) is 4.48. The minimum Gasteiger partial charge on any atom is -0.478 e. The van der Waals surface area contributed by atoms with Crippen LogP contribution in [0.3, 0.4) is 0 Å². The van der Waals surface area contributed by atoms with Crippen molar-refractivity contribution < 1.29 is 9.90 Å². The summed E-state index contributed by atoms with van der Waals surface area (Å²) in [6.07, 6.45) is 0. The number of carboxylic acids is 1. The van der Waals surface area contributed by atoms with Gasteiger partial charge in [-0.15, -0.1) is 0 Å². The number of carbonyl (C=O) groups is 1. The van der Waals surface area contributed by atoms with E-state index in [0.717, 1.165) is 8.04 Å². The van der Waals surface area contributed by atoms with Crippen molar-refractivity contribution in [1.29, 1.82) is 0 Å². The second-order valence-electron chi connectivity index (χ2n) is 2.05. The zero-order valence-corrected chi connectivity index (χ0v) is 10.1. The van der Waals surface area contributed by atoms with Crippen LogP contribution in [0.4, 0.5) is 0 Å².